The van der Waals surface area contributed by atoms with Crippen LogP contribution in [0.3, 0.4) is 0 Å². The maximum Gasteiger partial charge on any atom is 0.132 e. The van der Waals surface area contributed by atoms with Crippen molar-refractivity contribution in [3.05, 3.63) is 30.3 Å². The molecule has 4 unspecified atom stereocenters. The van der Waals surface area contributed by atoms with E-state index in [-0.39, 0.29) is 14.6 Å². The molecule has 17 heavy (non-hydrogen) atoms. The van der Waals surface area contributed by atoms with Gasteiger partial charge in [0.15, 0.2) is 0 Å². The Morgan fingerprint density at radius 1 is 1.41 bits per heavy atom. The summed E-state index contributed by atoms with van der Waals surface area (Å²) in [4.78, 5) is 0. The molecule has 4 heteroatoms. The first-order valence-corrected chi connectivity index (χ1v) is 9.48. The zero-order valence-electron chi connectivity index (χ0n) is 10.1. The van der Waals surface area contributed by atoms with Gasteiger partial charge in [0, 0.05) is 15.3 Å². The second kappa shape index (κ2) is 4.83. The van der Waals surface area contributed by atoms with Crippen LogP contribution in [-0.2, 0) is 4.57 Å². The van der Waals surface area contributed by atoms with Gasteiger partial charge in [0.05, 0.1) is 4.57 Å². The molecular formula is C13H17Br2OP. The topological polar surface area (TPSA) is 17.1 Å². The highest BCUT2D eigenvalue weighted by Gasteiger charge is 2.56. The smallest absolute Gasteiger partial charge is 0.132 e. The van der Waals surface area contributed by atoms with Crippen molar-refractivity contribution < 1.29 is 4.57 Å². The number of benzene rings is 1. The molecule has 1 aliphatic heterocycles. The minimum absolute atomic E-state index is 0.0300. The molecular weight excluding hydrogens is 363 g/mol. The van der Waals surface area contributed by atoms with Crippen LogP contribution in [0.5, 0.6) is 0 Å². The van der Waals surface area contributed by atoms with Gasteiger partial charge in [0.1, 0.15) is 7.14 Å². The zero-order valence-corrected chi connectivity index (χ0v) is 14.1. The van der Waals surface area contributed by atoms with Crippen LogP contribution in [0.1, 0.15) is 26.7 Å². The Hall–Kier alpha value is 0.410. The first-order chi connectivity index (χ1) is 7.95. The number of alkyl halides is 2. The van der Waals surface area contributed by atoms with E-state index in [1.165, 1.54) is 0 Å². The summed E-state index contributed by atoms with van der Waals surface area (Å²) in [5, 5.41) is 1.00. The van der Waals surface area contributed by atoms with Crippen molar-refractivity contribution >= 4 is 44.3 Å². The molecule has 1 saturated heterocycles. The molecule has 1 fully saturated rings. The summed E-state index contributed by atoms with van der Waals surface area (Å²) in [5.41, 5.74) is 0.230. The van der Waals surface area contributed by atoms with Gasteiger partial charge in [-0.05, 0) is 12.8 Å². The second-order valence-electron chi connectivity index (χ2n) is 4.82. The van der Waals surface area contributed by atoms with E-state index >= 15 is 0 Å². The Labute approximate surface area is 120 Å². The van der Waals surface area contributed by atoms with E-state index in [0.717, 1.165) is 18.1 Å². The lowest BCUT2D eigenvalue weighted by Crippen LogP contribution is -2.26. The van der Waals surface area contributed by atoms with E-state index in [0.29, 0.717) is 0 Å². The fraction of sp³-hybridized carbons (Fsp3) is 0.538. The zero-order chi connectivity index (χ0) is 12.7. The fourth-order valence-corrected chi connectivity index (χ4v) is 10.2. The van der Waals surface area contributed by atoms with Crippen LogP contribution >= 0.6 is 39.0 Å². The lowest BCUT2D eigenvalue weighted by molar-refractivity contribution is 0.578. The second-order valence-corrected chi connectivity index (χ2v) is 11.4. The van der Waals surface area contributed by atoms with Crippen LogP contribution in [0.2, 0.25) is 0 Å². The van der Waals surface area contributed by atoms with Gasteiger partial charge in [-0.25, -0.2) is 0 Å². The van der Waals surface area contributed by atoms with Gasteiger partial charge in [0.2, 0.25) is 0 Å². The fourth-order valence-electron chi connectivity index (χ4n) is 2.65. The minimum atomic E-state index is -2.37. The highest BCUT2D eigenvalue weighted by Crippen LogP contribution is 2.70. The molecule has 0 aromatic heterocycles. The average molecular weight is 380 g/mol. The Morgan fingerprint density at radius 2 is 2.00 bits per heavy atom. The standard InChI is InChI=1S/C13H17Br2OP/c1-3-13(15)9-10(2)17(16,12(13)14)11-7-5-4-6-8-11/h4-8,10,12H,3,9H2,1-2H3. The Kier molecular flexibility index (Phi) is 3.93. The van der Waals surface area contributed by atoms with E-state index in [1.807, 2.05) is 30.3 Å². The van der Waals surface area contributed by atoms with Gasteiger partial charge in [-0.3, -0.25) is 0 Å². The predicted molar refractivity (Wildman–Crippen MR) is 82.4 cm³/mol. The van der Waals surface area contributed by atoms with Crippen molar-refractivity contribution in [3.8, 4) is 0 Å². The average Bonchev–Trinajstić information content (AvgIpc) is 2.53. The summed E-state index contributed by atoms with van der Waals surface area (Å²) < 4.78 is 13.4. The van der Waals surface area contributed by atoms with Crippen LogP contribution in [0.25, 0.3) is 0 Å². The lowest BCUT2D eigenvalue weighted by Gasteiger charge is -2.27. The molecule has 0 spiro atoms. The lowest BCUT2D eigenvalue weighted by atomic mass is 10.0. The number of rotatable bonds is 2. The Balaban J connectivity index is 2.49. The third-order valence-electron chi connectivity index (χ3n) is 3.80. The van der Waals surface area contributed by atoms with E-state index in [2.05, 4.69) is 45.7 Å². The highest BCUT2D eigenvalue weighted by atomic mass is 79.9. The first kappa shape index (κ1) is 13.8. The summed E-state index contributed by atoms with van der Waals surface area (Å²) >= 11 is 7.52. The molecule has 1 aliphatic rings. The van der Waals surface area contributed by atoms with E-state index < -0.39 is 7.14 Å². The molecule has 0 aliphatic carbocycles. The van der Waals surface area contributed by atoms with Crippen molar-refractivity contribution in [2.24, 2.45) is 0 Å². The summed E-state index contributed by atoms with van der Waals surface area (Å²) in [5.74, 6) is 0. The summed E-state index contributed by atoms with van der Waals surface area (Å²) in [6, 6.07) is 9.92. The van der Waals surface area contributed by atoms with Gasteiger partial charge in [-0.2, -0.15) is 0 Å². The Bertz CT molecular complexity index is 448. The van der Waals surface area contributed by atoms with Crippen LogP contribution in [0.15, 0.2) is 30.3 Å². The van der Waals surface area contributed by atoms with Gasteiger partial charge < -0.3 is 4.57 Å². The van der Waals surface area contributed by atoms with E-state index in [4.69, 9.17) is 0 Å². The molecule has 4 atom stereocenters. The van der Waals surface area contributed by atoms with Gasteiger partial charge >= 0.3 is 0 Å². The van der Waals surface area contributed by atoms with Crippen LogP contribution in [0.4, 0.5) is 0 Å². The van der Waals surface area contributed by atoms with Gasteiger partial charge in [-0.1, -0.05) is 76.0 Å². The number of halogens is 2. The quantitative estimate of drug-likeness (QED) is 0.536. The Morgan fingerprint density at radius 3 is 2.47 bits per heavy atom. The van der Waals surface area contributed by atoms with Crippen molar-refractivity contribution in [1.82, 2.24) is 0 Å². The van der Waals surface area contributed by atoms with Gasteiger partial charge in [-0.15, -0.1) is 0 Å². The molecule has 1 nitrogen and oxygen atoms in total. The van der Waals surface area contributed by atoms with Crippen molar-refractivity contribution in [3.63, 3.8) is 0 Å². The highest BCUT2D eigenvalue weighted by molar-refractivity contribution is 9.13. The minimum Gasteiger partial charge on any atom is -0.317 e. The van der Waals surface area contributed by atoms with Crippen molar-refractivity contribution in [2.45, 2.75) is 41.2 Å². The van der Waals surface area contributed by atoms with Crippen LogP contribution < -0.4 is 5.30 Å². The normalized spacial score (nSPS) is 41.6. The van der Waals surface area contributed by atoms with Gasteiger partial charge in [0.25, 0.3) is 0 Å². The largest absolute Gasteiger partial charge is 0.317 e. The molecule has 0 amide bonds. The molecule has 0 radical (unpaired) electrons. The molecule has 0 N–H and O–H groups in total. The molecule has 1 aromatic rings. The summed E-state index contributed by atoms with van der Waals surface area (Å²) in [7, 11) is -2.37. The molecule has 1 aromatic carbocycles. The number of hydrogen-bond acceptors (Lipinski definition) is 1. The summed E-state index contributed by atoms with van der Waals surface area (Å²) in [6.45, 7) is 4.26. The first-order valence-electron chi connectivity index (χ1n) is 5.93. The maximum atomic E-state index is 13.4. The number of hydrogen-bond donors (Lipinski definition) is 0. The van der Waals surface area contributed by atoms with Crippen LogP contribution in [-0.4, -0.2) is 14.6 Å². The van der Waals surface area contributed by atoms with Crippen molar-refractivity contribution in [2.75, 3.05) is 0 Å². The van der Waals surface area contributed by atoms with Crippen LogP contribution in [0, 0.1) is 0 Å². The third-order valence-corrected chi connectivity index (χ3v) is 12.6. The van der Waals surface area contributed by atoms with E-state index in [9.17, 15) is 4.57 Å². The maximum absolute atomic E-state index is 13.4. The SMILES string of the molecule is CCC1(Br)CC(C)P(=O)(c2ccccc2)C1Br. The van der Waals surface area contributed by atoms with E-state index in [1.54, 1.807) is 0 Å². The molecule has 0 saturated carbocycles. The molecule has 1 heterocycles. The third kappa shape index (κ3) is 2.09. The summed E-state index contributed by atoms with van der Waals surface area (Å²) in [6.07, 6.45) is 1.95. The molecule has 2 rings (SSSR count). The van der Waals surface area contributed by atoms with Crippen molar-refractivity contribution in [1.29, 1.82) is 0 Å². The molecule has 94 valence electrons. The monoisotopic (exact) mass is 378 g/mol. The predicted octanol–water partition coefficient (Wildman–Crippen LogP) is 4.73. The molecule has 0 bridgehead atoms.